The van der Waals surface area contributed by atoms with E-state index in [1.807, 2.05) is 6.11 Å². The summed E-state index contributed by atoms with van der Waals surface area (Å²) in [5, 5.41) is 41.7. The molecule has 284 valence electrons. The number of nitrogens with zero attached hydrogens (tertiary/aromatic N) is 4. The van der Waals surface area contributed by atoms with E-state index >= 15 is 0 Å². The number of rotatable bonds is 15. The van der Waals surface area contributed by atoms with Gasteiger partial charge in [-0.15, -0.1) is 14.6 Å². The Kier molecular flexibility index (Phi) is 15.0. The van der Waals surface area contributed by atoms with Crippen molar-refractivity contribution in [3.63, 3.8) is 0 Å². The standard InChI is InChI=1S/C27H23N5O15S5.H2O/c1-43-11-13-50(35,36)20-8-4-18(5-9-20)30-32-26-22(51(37,38)39)15-16-14-21(49-46-45-34)25(27(33)23(16)24(26)28)31-29-17-2-6-19(7-3-17)48-12-10-44-47-52(40,41)42;/h2-9,14-15,33-34H,11,13,28H2,1H3,(H,37,38,39)(H,40,41,42);1H2. The summed E-state index contributed by atoms with van der Waals surface area (Å²) in [6.45, 7) is -0.0230. The number of fused-ring (bicyclic) bond motifs is 1. The van der Waals surface area contributed by atoms with E-state index in [1.165, 1.54) is 61.7 Å². The van der Waals surface area contributed by atoms with E-state index in [0.29, 0.717) is 16.9 Å². The topological polar surface area (TPSA) is 336 Å². The van der Waals surface area contributed by atoms with Crippen LogP contribution in [-0.4, -0.2) is 69.7 Å². The molecule has 0 saturated carbocycles. The Labute approximate surface area is 308 Å². The third-order valence-corrected chi connectivity index (χ3v) is 10.4. The molecule has 0 aliphatic heterocycles. The van der Waals surface area contributed by atoms with E-state index in [-0.39, 0.29) is 55.5 Å². The number of aromatic hydroxyl groups is 1. The predicted octanol–water partition coefficient (Wildman–Crippen LogP) is 4.99. The van der Waals surface area contributed by atoms with Gasteiger partial charge in [0.05, 0.1) is 56.6 Å². The second kappa shape index (κ2) is 18.5. The SMILES string of the molecule is COCCS(=O)(=O)c1ccc(N=Nc2c(S(=O)(=O)O)cc3cc(SOOO)c(N=Nc4ccc(SC#COOS(=O)(=O)O)cc4)c(O)c3c2N)cc1.O. The quantitative estimate of drug-likeness (QED) is 0.0154. The van der Waals surface area contributed by atoms with Crippen molar-refractivity contribution in [1.29, 1.82) is 0 Å². The first kappa shape index (κ1) is 42.9. The van der Waals surface area contributed by atoms with Crippen LogP contribution in [0, 0.1) is 11.4 Å². The van der Waals surface area contributed by atoms with Crippen molar-refractivity contribution in [2.24, 2.45) is 20.5 Å². The van der Waals surface area contributed by atoms with Crippen LogP contribution in [0.25, 0.3) is 10.8 Å². The van der Waals surface area contributed by atoms with Gasteiger partial charge in [-0.3, -0.25) is 14.0 Å². The fourth-order valence-corrected chi connectivity index (χ4v) is 6.93. The molecule has 4 aromatic carbocycles. The number of thioether (sulfide) groups is 1. The number of anilines is 1. The molecule has 0 heterocycles. The maximum Gasteiger partial charge on any atom is 0.433 e. The maximum absolute atomic E-state index is 12.4. The van der Waals surface area contributed by atoms with E-state index < -0.39 is 52.4 Å². The summed E-state index contributed by atoms with van der Waals surface area (Å²) in [4.78, 5) is 3.64. The van der Waals surface area contributed by atoms with Crippen LogP contribution in [-0.2, 0) is 53.7 Å². The molecule has 53 heavy (non-hydrogen) atoms. The minimum Gasteiger partial charge on any atom is -0.505 e. The van der Waals surface area contributed by atoms with Crippen LogP contribution in [0.2, 0.25) is 0 Å². The maximum atomic E-state index is 12.4. The molecular formula is C27H25N5O16S5. The van der Waals surface area contributed by atoms with Crippen molar-refractivity contribution >= 4 is 93.4 Å². The molecule has 4 rings (SSSR count). The average Bonchev–Trinajstić information content (AvgIpc) is 3.08. The fourth-order valence-electron chi connectivity index (χ4n) is 4.01. The lowest BCUT2D eigenvalue weighted by molar-refractivity contribution is -0.432. The molecule has 0 amide bonds. The van der Waals surface area contributed by atoms with E-state index in [2.05, 4.69) is 44.3 Å². The first-order valence-corrected chi connectivity index (χ1v) is 19.5. The monoisotopic (exact) mass is 835 g/mol. The normalized spacial score (nSPS) is 12.2. The molecule has 21 nitrogen and oxygen atoms in total. The van der Waals surface area contributed by atoms with Gasteiger partial charge in [0, 0.05) is 17.3 Å². The van der Waals surface area contributed by atoms with Gasteiger partial charge in [-0.05, 0) is 82.1 Å². The van der Waals surface area contributed by atoms with Crippen molar-refractivity contribution < 1.29 is 73.5 Å². The van der Waals surface area contributed by atoms with Crippen molar-refractivity contribution in [3.8, 4) is 17.1 Å². The van der Waals surface area contributed by atoms with Crippen LogP contribution < -0.4 is 5.73 Å². The minimum atomic E-state index is -5.01. The number of phenols is 1. The number of methoxy groups -OCH3 is 1. The minimum absolute atomic E-state index is 0. The highest BCUT2D eigenvalue weighted by Crippen LogP contribution is 2.49. The zero-order chi connectivity index (χ0) is 38.1. The number of azo groups is 2. The van der Waals surface area contributed by atoms with Gasteiger partial charge >= 0.3 is 10.4 Å². The molecular weight excluding hydrogens is 811 g/mol. The Balaban J connectivity index is 0.00000756. The van der Waals surface area contributed by atoms with Gasteiger partial charge in [0.25, 0.3) is 10.1 Å². The second-order valence-electron chi connectivity index (χ2n) is 9.59. The Morgan fingerprint density at radius 2 is 1.47 bits per heavy atom. The Morgan fingerprint density at radius 3 is 2.04 bits per heavy atom. The van der Waals surface area contributed by atoms with Gasteiger partial charge < -0.3 is 21.1 Å². The van der Waals surface area contributed by atoms with E-state index in [1.54, 1.807) is 0 Å². The van der Waals surface area contributed by atoms with Crippen molar-refractivity contribution in [2.45, 2.75) is 19.6 Å². The smallest absolute Gasteiger partial charge is 0.433 e. The second-order valence-corrected chi connectivity index (χ2v) is 15.7. The number of phenolic OH excluding ortho intramolecular Hbond substituents is 1. The number of nitrogen functional groups attached to an aromatic ring is 1. The summed E-state index contributed by atoms with van der Waals surface area (Å²) in [5.41, 5.74) is 5.28. The lowest BCUT2D eigenvalue weighted by atomic mass is 10.1. The molecule has 0 aliphatic carbocycles. The van der Waals surface area contributed by atoms with Crippen molar-refractivity contribution in [3.05, 3.63) is 60.7 Å². The highest BCUT2D eigenvalue weighted by atomic mass is 32.3. The zero-order valence-corrected chi connectivity index (χ0v) is 30.5. The van der Waals surface area contributed by atoms with E-state index in [4.69, 9.17) is 20.3 Å². The van der Waals surface area contributed by atoms with Gasteiger partial charge in [0.2, 0.25) is 0 Å². The Bertz CT molecular complexity index is 2400. The lowest BCUT2D eigenvalue weighted by Crippen LogP contribution is -2.11. The van der Waals surface area contributed by atoms with Gasteiger partial charge in [-0.2, -0.15) is 27.1 Å². The molecule has 0 bridgehead atoms. The first-order valence-electron chi connectivity index (χ1n) is 13.5. The van der Waals surface area contributed by atoms with Gasteiger partial charge in [0.15, 0.2) is 21.7 Å². The average molecular weight is 836 g/mol. The molecule has 4 aromatic rings. The van der Waals surface area contributed by atoms with Crippen LogP contribution in [0.3, 0.4) is 0 Å². The fraction of sp³-hybridized carbons (Fsp3) is 0.111. The lowest BCUT2D eigenvalue weighted by Gasteiger charge is -2.14. The first-order chi connectivity index (χ1) is 24.5. The third-order valence-electron chi connectivity index (χ3n) is 6.24. The van der Waals surface area contributed by atoms with Crippen LogP contribution in [0.15, 0.2) is 101 Å². The summed E-state index contributed by atoms with van der Waals surface area (Å²) in [6.07, 6.45) is 1.89. The number of hydrogen-bond donors (Lipinski definition) is 5. The predicted molar refractivity (Wildman–Crippen MR) is 187 cm³/mol. The summed E-state index contributed by atoms with van der Waals surface area (Å²) < 4.78 is 102. The molecule has 8 N–H and O–H groups in total. The highest BCUT2D eigenvalue weighted by Gasteiger charge is 2.25. The number of ether oxygens (including phenoxy) is 1. The summed E-state index contributed by atoms with van der Waals surface area (Å²) >= 11 is 1.23. The molecule has 0 atom stereocenters. The third kappa shape index (κ3) is 11.8. The van der Waals surface area contributed by atoms with Crippen molar-refractivity contribution in [1.82, 2.24) is 0 Å². The van der Waals surface area contributed by atoms with Crippen molar-refractivity contribution in [2.75, 3.05) is 25.2 Å². The molecule has 0 aliphatic rings. The van der Waals surface area contributed by atoms with Crippen LogP contribution in [0.4, 0.5) is 28.4 Å². The number of hydrogen-bond acceptors (Lipinski definition) is 20. The molecule has 0 fully saturated rings. The molecule has 0 radical (unpaired) electrons. The van der Waals surface area contributed by atoms with Gasteiger partial charge in [-0.1, -0.05) is 5.04 Å². The Hall–Kier alpha value is -4.47. The molecule has 26 heteroatoms. The van der Waals surface area contributed by atoms with Crippen LogP contribution in [0.1, 0.15) is 0 Å². The van der Waals surface area contributed by atoms with Gasteiger partial charge in [-0.25, -0.2) is 13.7 Å². The summed E-state index contributed by atoms with van der Waals surface area (Å²) in [5.74, 6) is -0.930. The molecule has 0 spiro atoms. The highest BCUT2D eigenvalue weighted by molar-refractivity contribution is 8.04. The molecule has 0 unspecified atom stereocenters. The van der Waals surface area contributed by atoms with E-state index in [0.717, 1.165) is 17.8 Å². The largest absolute Gasteiger partial charge is 0.505 e. The summed E-state index contributed by atoms with van der Waals surface area (Å²) in [7, 11) is -12.1. The molecule has 0 saturated heterocycles. The number of benzene rings is 4. The number of sulfone groups is 1. The zero-order valence-electron chi connectivity index (χ0n) is 26.4. The van der Waals surface area contributed by atoms with E-state index in [9.17, 15) is 34.9 Å². The van der Waals surface area contributed by atoms with Gasteiger partial charge in [0.1, 0.15) is 16.3 Å². The van der Waals surface area contributed by atoms with Crippen LogP contribution >= 0.6 is 23.8 Å². The number of nitrogens with two attached hydrogens (primary N) is 1. The molecule has 0 aromatic heterocycles. The Morgan fingerprint density at radius 1 is 0.868 bits per heavy atom. The van der Waals surface area contributed by atoms with Crippen LogP contribution in [0.5, 0.6) is 5.75 Å². The summed E-state index contributed by atoms with van der Waals surface area (Å²) in [6, 6.07) is 13.3.